The van der Waals surface area contributed by atoms with Crippen LogP contribution in [-0.2, 0) is 4.79 Å². The summed E-state index contributed by atoms with van der Waals surface area (Å²) in [5, 5.41) is 12.5. The zero-order valence-corrected chi connectivity index (χ0v) is 15.9. The number of carboxylic acid groups (broad SMARTS) is 1. The molecule has 0 amide bonds. The van der Waals surface area contributed by atoms with Gasteiger partial charge in [-0.05, 0) is 61.5 Å². The second-order valence-electron chi connectivity index (χ2n) is 6.40. The van der Waals surface area contributed by atoms with Crippen LogP contribution in [0.5, 0.6) is 5.75 Å². The summed E-state index contributed by atoms with van der Waals surface area (Å²) < 4.78 is 5.57. The molecular weight excluding hydrogens is 358 g/mol. The van der Waals surface area contributed by atoms with Crippen molar-refractivity contribution in [2.75, 3.05) is 13.7 Å². The van der Waals surface area contributed by atoms with Crippen LogP contribution in [0.25, 0.3) is 0 Å². The summed E-state index contributed by atoms with van der Waals surface area (Å²) >= 11 is 7.91. The first kappa shape index (κ1) is 18.2. The van der Waals surface area contributed by atoms with Gasteiger partial charge >= 0.3 is 5.97 Å². The first-order valence-electron chi connectivity index (χ1n) is 8.38. The van der Waals surface area contributed by atoms with E-state index in [0.717, 1.165) is 35.6 Å². The Morgan fingerprint density at radius 3 is 2.84 bits per heavy atom. The summed E-state index contributed by atoms with van der Waals surface area (Å²) in [6, 6.07) is 7.01. The van der Waals surface area contributed by atoms with E-state index in [1.807, 2.05) is 12.1 Å². The van der Waals surface area contributed by atoms with Crippen molar-refractivity contribution in [1.29, 1.82) is 0 Å². The van der Waals surface area contributed by atoms with Crippen molar-refractivity contribution in [3.8, 4) is 5.75 Å². The van der Waals surface area contributed by atoms with E-state index in [2.05, 4.69) is 23.3 Å². The van der Waals surface area contributed by atoms with Crippen molar-refractivity contribution >= 4 is 28.9 Å². The molecule has 0 spiro atoms. The highest BCUT2D eigenvalue weighted by molar-refractivity contribution is 7.10. The highest BCUT2D eigenvalue weighted by atomic mass is 35.5. The maximum atomic E-state index is 11.9. The van der Waals surface area contributed by atoms with Crippen LogP contribution < -0.4 is 4.74 Å². The monoisotopic (exact) mass is 379 g/mol. The average Bonchev–Trinajstić information content (AvgIpc) is 3.02. The minimum absolute atomic E-state index is 0.172. The van der Waals surface area contributed by atoms with Crippen LogP contribution >= 0.6 is 22.9 Å². The largest absolute Gasteiger partial charge is 0.496 e. The number of hydrogen-bond acceptors (Lipinski definition) is 4. The molecule has 4 nitrogen and oxygen atoms in total. The molecule has 25 heavy (non-hydrogen) atoms. The Morgan fingerprint density at radius 2 is 2.20 bits per heavy atom. The highest BCUT2D eigenvalue weighted by Gasteiger charge is 2.37. The van der Waals surface area contributed by atoms with Crippen molar-refractivity contribution in [3.63, 3.8) is 0 Å². The number of piperidine rings is 1. The molecule has 1 aromatic carbocycles. The van der Waals surface area contributed by atoms with Gasteiger partial charge in [0.05, 0.1) is 13.2 Å². The SMILES string of the molecule is COc1ccc(Cl)cc1C(c1cc(C)cs1)N1CCCCC1C(=O)O. The highest BCUT2D eigenvalue weighted by Crippen LogP contribution is 2.41. The molecule has 2 aromatic rings. The number of carboxylic acids is 1. The normalized spacial score (nSPS) is 19.6. The van der Waals surface area contributed by atoms with Crippen LogP contribution in [0.4, 0.5) is 0 Å². The molecule has 1 N–H and O–H groups in total. The predicted octanol–water partition coefficient (Wildman–Crippen LogP) is 4.75. The fourth-order valence-corrected chi connectivity index (χ4v) is 4.75. The number of thiophene rings is 1. The Bertz CT molecular complexity index is 761. The Kier molecular flexibility index (Phi) is 5.67. The van der Waals surface area contributed by atoms with Crippen LogP contribution in [0, 0.1) is 6.92 Å². The molecule has 0 bridgehead atoms. The van der Waals surface area contributed by atoms with Gasteiger partial charge in [-0.2, -0.15) is 0 Å². The van der Waals surface area contributed by atoms with Crippen LogP contribution in [-0.4, -0.2) is 35.7 Å². The molecule has 1 fully saturated rings. The van der Waals surface area contributed by atoms with Gasteiger partial charge in [0.2, 0.25) is 0 Å². The number of methoxy groups -OCH3 is 1. The molecule has 2 atom stereocenters. The van der Waals surface area contributed by atoms with Gasteiger partial charge in [0.15, 0.2) is 0 Å². The van der Waals surface area contributed by atoms with Gasteiger partial charge in [0.25, 0.3) is 0 Å². The number of benzene rings is 1. The summed E-state index contributed by atoms with van der Waals surface area (Å²) in [6.45, 7) is 2.80. The molecule has 2 heterocycles. The van der Waals surface area contributed by atoms with E-state index in [-0.39, 0.29) is 6.04 Å². The molecule has 1 aliphatic heterocycles. The number of hydrogen-bond donors (Lipinski definition) is 1. The molecule has 3 rings (SSSR count). The Labute approximate surface area is 157 Å². The molecule has 1 aliphatic rings. The lowest BCUT2D eigenvalue weighted by Gasteiger charge is -2.39. The number of nitrogens with zero attached hydrogens (tertiary/aromatic N) is 1. The second-order valence-corrected chi connectivity index (χ2v) is 7.78. The molecule has 134 valence electrons. The van der Waals surface area contributed by atoms with Gasteiger partial charge < -0.3 is 9.84 Å². The minimum Gasteiger partial charge on any atom is -0.496 e. The lowest BCUT2D eigenvalue weighted by Crippen LogP contribution is -2.46. The maximum Gasteiger partial charge on any atom is 0.320 e. The third kappa shape index (κ3) is 3.84. The van der Waals surface area contributed by atoms with Crippen LogP contribution in [0.3, 0.4) is 0 Å². The number of halogens is 1. The van der Waals surface area contributed by atoms with E-state index >= 15 is 0 Å². The van der Waals surface area contributed by atoms with E-state index < -0.39 is 12.0 Å². The number of aliphatic carboxylic acids is 1. The number of rotatable bonds is 5. The fourth-order valence-electron chi connectivity index (χ4n) is 3.54. The van der Waals surface area contributed by atoms with Crippen molar-refractivity contribution in [2.24, 2.45) is 0 Å². The first-order chi connectivity index (χ1) is 12.0. The van der Waals surface area contributed by atoms with E-state index in [1.165, 1.54) is 5.56 Å². The second kappa shape index (κ2) is 7.77. The molecule has 6 heteroatoms. The topological polar surface area (TPSA) is 49.8 Å². The third-order valence-corrected chi connectivity index (χ3v) is 6.01. The van der Waals surface area contributed by atoms with Gasteiger partial charge in [-0.25, -0.2) is 0 Å². The standard InChI is InChI=1S/C19H22ClNO3S/c1-12-9-17(25-11-12)18(14-10-13(20)6-7-16(14)24-2)21-8-4-3-5-15(21)19(22)23/h6-7,9-11,15,18H,3-5,8H2,1-2H3,(H,22,23). The minimum atomic E-state index is -0.765. The lowest BCUT2D eigenvalue weighted by atomic mass is 9.94. The Balaban J connectivity index is 2.13. The number of likely N-dealkylation sites (tertiary alicyclic amines) is 1. The van der Waals surface area contributed by atoms with Gasteiger partial charge in [-0.3, -0.25) is 9.69 Å². The third-order valence-electron chi connectivity index (χ3n) is 4.67. The zero-order chi connectivity index (χ0) is 18.0. The summed E-state index contributed by atoms with van der Waals surface area (Å²) in [4.78, 5) is 15.1. The quantitative estimate of drug-likeness (QED) is 0.814. The van der Waals surface area contributed by atoms with Crippen LogP contribution in [0.1, 0.15) is 41.3 Å². The lowest BCUT2D eigenvalue weighted by molar-refractivity contribution is -0.145. The summed E-state index contributed by atoms with van der Waals surface area (Å²) in [5.41, 5.74) is 2.10. The van der Waals surface area contributed by atoms with Crippen LogP contribution in [0.2, 0.25) is 5.02 Å². The van der Waals surface area contributed by atoms with E-state index in [0.29, 0.717) is 11.4 Å². The van der Waals surface area contributed by atoms with Gasteiger partial charge in [0.1, 0.15) is 11.8 Å². The molecular formula is C19H22ClNO3S. The maximum absolute atomic E-state index is 11.9. The number of aryl methyl sites for hydroxylation is 1. The average molecular weight is 380 g/mol. The van der Waals surface area contributed by atoms with Crippen molar-refractivity contribution in [3.05, 3.63) is 50.7 Å². The Morgan fingerprint density at radius 1 is 1.40 bits per heavy atom. The van der Waals surface area contributed by atoms with Crippen molar-refractivity contribution in [1.82, 2.24) is 4.90 Å². The molecule has 0 saturated carbocycles. The number of ether oxygens (including phenoxy) is 1. The van der Waals surface area contributed by atoms with Crippen molar-refractivity contribution < 1.29 is 14.6 Å². The molecule has 2 unspecified atom stereocenters. The van der Waals surface area contributed by atoms with E-state index in [1.54, 1.807) is 24.5 Å². The van der Waals surface area contributed by atoms with E-state index in [9.17, 15) is 9.90 Å². The predicted molar refractivity (Wildman–Crippen MR) is 101 cm³/mol. The Hall–Kier alpha value is -1.56. The van der Waals surface area contributed by atoms with Gasteiger partial charge in [0, 0.05) is 15.5 Å². The molecule has 1 saturated heterocycles. The fraction of sp³-hybridized carbons (Fsp3) is 0.421. The molecule has 0 radical (unpaired) electrons. The number of carbonyl (C=O) groups is 1. The summed E-state index contributed by atoms with van der Waals surface area (Å²) in [5.74, 6) is -0.0332. The summed E-state index contributed by atoms with van der Waals surface area (Å²) in [7, 11) is 1.63. The summed E-state index contributed by atoms with van der Waals surface area (Å²) in [6.07, 6.45) is 2.60. The first-order valence-corrected chi connectivity index (χ1v) is 9.64. The zero-order valence-electron chi connectivity index (χ0n) is 14.4. The van der Waals surface area contributed by atoms with Gasteiger partial charge in [-0.15, -0.1) is 11.3 Å². The van der Waals surface area contributed by atoms with Crippen molar-refractivity contribution in [2.45, 2.75) is 38.3 Å². The van der Waals surface area contributed by atoms with Gasteiger partial charge in [-0.1, -0.05) is 18.0 Å². The van der Waals surface area contributed by atoms with E-state index in [4.69, 9.17) is 16.3 Å². The molecule has 0 aliphatic carbocycles. The molecule has 1 aromatic heterocycles. The van der Waals surface area contributed by atoms with Crippen LogP contribution in [0.15, 0.2) is 29.6 Å². The smallest absolute Gasteiger partial charge is 0.320 e.